The van der Waals surface area contributed by atoms with Crippen LogP contribution in [-0.4, -0.2) is 18.9 Å². The van der Waals surface area contributed by atoms with Crippen LogP contribution in [0.1, 0.15) is 19.8 Å². The first-order chi connectivity index (χ1) is 5.75. The quantitative estimate of drug-likeness (QED) is 0.627. The van der Waals surface area contributed by atoms with Crippen molar-refractivity contribution in [1.29, 1.82) is 0 Å². The summed E-state index contributed by atoms with van der Waals surface area (Å²) < 4.78 is 0. The van der Waals surface area contributed by atoms with Crippen molar-refractivity contribution < 1.29 is 4.79 Å². The lowest BCUT2D eigenvalue weighted by Gasteiger charge is -2.31. The highest BCUT2D eigenvalue weighted by molar-refractivity contribution is 5.81. The summed E-state index contributed by atoms with van der Waals surface area (Å²) in [5.74, 6) is 1.22. The van der Waals surface area contributed by atoms with Gasteiger partial charge in [-0.1, -0.05) is 13.0 Å². The summed E-state index contributed by atoms with van der Waals surface area (Å²) in [7, 11) is 0. The van der Waals surface area contributed by atoms with E-state index in [1.54, 1.807) is 0 Å². The van der Waals surface area contributed by atoms with Crippen LogP contribution in [0.3, 0.4) is 0 Å². The lowest BCUT2D eigenvalue weighted by atomic mass is 9.84. The number of carbonyl (C=O) groups excluding carboxylic acids is 1. The predicted molar refractivity (Wildman–Crippen MR) is 50.0 cm³/mol. The number of rotatable bonds is 5. The van der Waals surface area contributed by atoms with E-state index in [9.17, 15) is 4.79 Å². The van der Waals surface area contributed by atoms with Crippen LogP contribution in [0.2, 0.25) is 0 Å². The standard InChI is InChI=1S/C10H17NO/c1-3-4-5-10(12)8(2)9-6-11-7-9/h3,8-9,11H,1,4-7H2,2H3. The van der Waals surface area contributed by atoms with Crippen LogP contribution >= 0.6 is 0 Å². The van der Waals surface area contributed by atoms with Crippen molar-refractivity contribution in [2.75, 3.05) is 13.1 Å². The number of hydrogen-bond acceptors (Lipinski definition) is 2. The van der Waals surface area contributed by atoms with Gasteiger partial charge in [-0.3, -0.25) is 4.79 Å². The highest BCUT2D eigenvalue weighted by atomic mass is 16.1. The lowest BCUT2D eigenvalue weighted by Crippen LogP contribution is -2.47. The molecule has 1 aliphatic heterocycles. The second-order valence-electron chi connectivity index (χ2n) is 3.50. The molecule has 0 saturated carbocycles. The largest absolute Gasteiger partial charge is 0.316 e. The van der Waals surface area contributed by atoms with Crippen LogP contribution in [0, 0.1) is 11.8 Å². The maximum absolute atomic E-state index is 11.5. The molecule has 2 heteroatoms. The highest BCUT2D eigenvalue weighted by Crippen LogP contribution is 2.18. The Morgan fingerprint density at radius 3 is 2.83 bits per heavy atom. The lowest BCUT2D eigenvalue weighted by molar-refractivity contribution is -0.124. The second kappa shape index (κ2) is 4.41. The van der Waals surface area contributed by atoms with E-state index < -0.39 is 0 Å². The van der Waals surface area contributed by atoms with Gasteiger partial charge >= 0.3 is 0 Å². The van der Waals surface area contributed by atoms with E-state index in [0.717, 1.165) is 19.5 Å². The highest BCUT2D eigenvalue weighted by Gasteiger charge is 2.27. The van der Waals surface area contributed by atoms with Crippen LogP contribution in [-0.2, 0) is 4.79 Å². The molecule has 1 heterocycles. The van der Waals surface area contributed by atoms with E-state index in [1.807, 2.05) is 13.0 Å². The molecular weight excluding hydrogens is 150 g/mol. The van der Waals surface area contributed by atoms with Crippen LogP contribution in [0.5, 0.6) is 0 Å². The minimum absolute atomic E-state index is 0.242. The maximum Gasteiger partial charge on any atom is 0.136 e. The first kappa shape index (κ1) is 9.46. The summed E-state index contributed by atoms with van der Waals surface area (Å²) in [5.41, 5.74) is 0. The van der Waals surface area contributed by atoms with Crippen molar-refractivity contribution in [1.82, 2.24) is 5.32 Å². The van der Waals surface area contributed by atoms with E-state index in [4.69, 9.17) is 0 Å². The molecule has 1 atom stereocenters. The number of carbonyl (C=O) groups is 1. The molecule has 1 fully saturated rings. The molecule has 0 bridgehead atoms. The molecule has 1 unspecified atom stereocenters. The summed E-state index contributed by atoms with van der Waals surface area (Å²) in [6.07, 6.45) is 3.30. The fraction of sp³-hybridized carbons (Fsp3) is 0.700. The summed E-state index contributed by atoms with van der Waals surface area (Å²) in [6.45, 7) is 7.67. The van der Waals surface area contributed by atoms with Crippen molar-refractivity contribution in [3.8, 4) is 0 Å². The monoisotopic (exact) mass is 167 g/mol. The van der Waals surface area contributed by atoms with Crippen LogP contribution in [0.25, 0.3) is 0 Å². The molecule has 0 aromatic heterocycles. The van der Waals surface area contributed by atoms with E-state index in [1.165, 1.54) is 0 Å². The number of nitrogens with one attached hydrogen (secondary N) is 1. The molecule has 0 aromatic rings. The zero-order valence-corrected chi connectivity index (χ0v) is 7.68. The normalized spacial score (nSPS) is 19.8. The Balaban J connectivity index is 2.24. The average molecular weight is 167 g/mol. The minimum Gasteiger partial charge on any atom is -0.316 e. The van der Waals surface area contributed by atoms with Crippen molar-refractivity contribution in [3.63, 3.8) is 0 Å². The van der Waals surface area contributed by atoms with Gasteiger partial charge in [0.05, 0.1) is 0 Å². The van der Waals surface area contributed by atoms with Crippen molar-refractivity contribution >= 4 is 5.78 Å². The smallest absolute Gasteiger partial charge is 0.136 e. The zero-order chi connectivity index (χ0) is 8.97. The van der Waals surface area contributed by atoms with Gasteiger partial charge in [0.25, 0.3) is 0 Å². The first-order valence-electron chi connectivity index (χ1n) is 4.60. The van der Waals surface area contributed by atoms with Gasteiger partial charge in [-0.25, -0.2) is 0 Å². The topological polar surface area (TPSA) is 29.1 Å². The summed E-state index contributed by atoms with van der Waals surface area (Å²) in [4.78, 5) is 11.5. The fourth-order valence-corrected chi connectivity index (χ4v) is 1.40. The molecule has 0 radical (unpaired) electrons. The zero-order valence-electron chi connectivity index (χ0n) is 7.68. The molecule has 12 heavy (non-hydrogen) atoms. The predicted octanol–water partition coefficient (Wildman–Crippen LogP) is 1.38. The van der Waals surface area contributed by atoms with Gasteiger partial charge in [0.2, 0.25) is 0 Å². The summed E-state index contributed by atoms with van der Waals surface area (Å²) in [5, 5.41) is 3.18. The molecule has 2 nitrogen and oxygen atoms in total. The van der Waals surface area contributed by atoms with Crippen molar-refractivity contribution in [3.05, 3.63) is 12.7 Å². The van der Waals surface area contributed by atoms with Gasteiger partial charge < -0.3 is 5.32 Å². The van der Waals surface area contributed by atoms with Crippen LogP contribution in [0.4, 0.5) is 0 Å². The van der Waals surface area contributed by atoms with Crippen LogP contribution in [0.15, 0.2) is 12.7 Å². The molecule has 0 aromatic carbocycles. The Kier molecular flexibility index (Phi) is 3.48. The Labute approximate surface area is 74.0 Å². The van der Waals surface area contributed by atoms with Gasteiger partial charge in [-0.2, -0.15) is 0 Å². The molecule has 68 valence electrons. The van der Waals surface area contributed by atoms with Gasteiger partial charge in [0, 0.05) is 12.3 Å². The molecule has 1 aliphatic rings. The van der Waals surface area contributed by atoms with Crippen molar-refractivity contribution in [2.24, 2.45) is 11.8 Å². The van der Waals surface area contributed by atoms with Gasteiger partial charge in [0.15, 0.2) is 0 Å². The van der Waals surface area contributed by atoms with E-state index in [0.29, 0.717) is 18.1 Å². The molecular formula is C10H17NO. The van der Waals surface area contributed by atoms with E-state index in [-0.39, 0.29) is 5.92 Å². The minimum atomic E-state index is 0.242. The molecule has 0 aliphatic carbocycles. The van der Waals surface area contributed by atoms with Crippen molar-refractivity contribution in [2.45, 2.75) is 19.8 Å². The molecule has 0 spiro atoms. The number of ketones is 1. The maximum atomic E-state index is 11.5. The van der Waals surface area contributed by atoms with Gasteiger partial charge in [0.1, 0.15) is 5.78 Å². The number of hydrogen-bond donors (Lipinski definition) is 1. The van der Waals surface area contributed by atoms with Crippen LogP contribution < -0.4 is 5.32 Å². The molecule has 1 N–H and O–H groups in total. The Hall–Kier alpha value is -0.630. The Morgan fingerprint density at radius 2 is 2.42 bits per heavy atom. The number of allylic oxidation sites excluding steroid dienone is 1. The molecule has 1 saturated heterocycles. The number of Topliss-reactive ketones (excluding diaryl/α,β-unsaturated/α-hetero) is 1. The average Bonchev–Trinajstić information content (AvgIpc) is 1.96. The third-order valence-corrected chi connectivity index (χ3v) is 2.62. The third-order valence-electron chi connectivity index (χ3n) is 2.62. The second-order valence-corrected chi connectivity index (χ2v) is 3.50. The Bertz CT molecular complexity index is 173. The third kappa shape index (κ3) is 2.18. The molecule has 0 amide bonds. The first-order valence-corrected chi connectivity index (χ1v) is 4.60. The van der Waals surface area contributed by atoms with E-state index >= 15 is 0 Å². The fourth-order valence-electron chi connectivity index (χ4n) is 1.40. The van der Waals surface area contributed by atoms with E-state index in [2.05, 4.69) is 11.9 Å². The van der Waals surface area contributed by atoms with Gasteiger partial charge in [-0.05, 0) is 25.4 Å². The summed E-state index contributed by atoms with van der Waals surface area (Å²) >= 11 is 0. The SMILES string of the molecule is C=CCCC(=O)C(C)C1CNC1. The molecule has 1 rings (SSSR count). The summed E-state index contributed by atoms with van der Waals surface area (Å²) in [6, 6.07) is 0. The Morgan fingerprint density at radius 1 is 1.75 bits per heavy atom. The van der Waals surface area contributed by atoms with Gasteiger partial charge in [-0.15, -0.1) is 6.58 Å².